The maximum absolute atomic E-state index is 9.27. The quantitative estimate of drug-likeness (QED) is 0.820. The van der Waals surface area contributed by atoms with Gasteiger partial charge in [-0.2, -0.15) is 5.26 Å². The molecule has 1 atom stereocenters. The summed E-state index contributed by atoms with van der Waals surface area (Å²) in [5.74, 6) is 1.04. The first-order chi connectivity index (χ1) is 9.23. The van der Waals surface area contributed by atoms with Gasteiger partial charge in [0.2, 0.25) is 0 Å². The van der Waals surface area contributed by atoms with Crippen molar-refractivity contribution in [3.8, 4) is 6.07 Å². The van der Waals surface area contributed by atoms with Crippen LogP contribution >= 0.6 is 0 Å². The van der Waals surface area contributed by atoms with E-state index >= 15 is 0 Å². The molecule has 0 saturated heterocycles. The fraction of sp³-hybridized carbons (Fsp3) is 0.769. The van der Waals surface area contributed by atoms with E-state index in [1.807, 2.05) is 7.05 Å². The minimum atomic E-state index is -0.365. The Labute approximate surface area is 114 Å². The normalized spacial score (nSPS) is 18.6. The lowest BCUT2D eigenvalue weighted by atomic mass is 9.92. The van der Waals surface area contributed by atoms with Crippen LogP contribution in [0.5, 0.6) is 0 Å². The maximum Gasteiger partial charge on any atom is 0.147 e. The Hall–Kier alpha value is -1.45. The third kappa shape index (κ3) is 3.11. The lowest BCUT2D eigenvalue weighted by molar-refractivity contribution is 0.206. The highest BCUT2D eigenvalue weighted by molar-refractivity contribution is 5.05. The van der Waals surface area contributed by atoms with Gasteiger partial charge in [0.15, 0.2) is 0 Å². The number of nitriles is 1. The van der Waals surface area contributed by atoms with Gasteiger partial charge in [-0.1, -0.05) is 6.92 Å². The Bertz CT molecular complexity index is 442. The molecule has 0 bridgehead atoms. The molecule has 1 N–H and O–H groups in total. The fourth-order valence-electron chi connectivity index (χ4n) is 2.58. The molecular weight excluding hydrogens is 240 g/mol. The molecule has 104 valence electrons. The third-order valence-electron chi connectivity index (χ3n) is 4.09. The lowest BCUT2D eigenvalue weighted by Gasteiger charge is -2.29. The lowest BCUT2D eigenvalue weighted by Crippen LogP contribution is -2.42. The van der Waals surface area contributed by atoms with Crippen molar-refractivity contribution in [2.24, 2.45) is 0 Å². The van der Waals surface area contributed by atoms with Crippen LogP contribution in [0.1, 0.15) is 32.0 Å². The Kier molecular flexibility index (Phi) is 4.51. The van der Waals surface area contributed by atoms with Crippen molar-refractivity contribution in [3.63, 3.8) is 0 Å². The Morgan fingerprint density at radius 2 is 2.37 bits per heavy atom. The van der Waals surface area contributed by atoms with E-state index in [0.717, 1.165) is 51.3 Å². The SMILES string of the molecule is CCC(C#N)(CCCN1CCn2cnnc2C1)NC. The third-order valence-corrected chi connectivity index (χ3v) is 4.09. The molecule has 1 aromatic rings. The van der Waals surface area contributed by atoms with E-state index in [-0.39, 0.29) is 5.54 Å². The van der Waals surface area contributed by atoms with Gasteiger partial charge in [-0.3, -0.25) is 4.90 Å². The van der Waals surface area contributed by atoms with Crippen LogP contribution < -0.4 is 5.32 Å². The minimum Gasteiger partial charge on any atom is -0.315 e. The van der Waals surface area contributed by atoms with Gasteiger partial charge in [0.1, 0.15) is 17.7 Å². The smallest absolute Gasteiger partial charge is 0.147 e. The van der Waals surface area contributed by atoms with E-state index in [0.29, 0.717) is 0 Å². The highest BCUT2D eigenvalue weighted by Gasteiger charge is 2.25. The molecule has 0 radical (unpaired) electrons. The summed E-state index contributed by atoms with van der Waals surface area (Å²) in [4.78, 5) is 2.39. The van der Waals surface area contributed by atoms with Crippen LogP contribution in [0.3, 0.4) is 0 Å². The van der Waals surface area contributed by atoms with Gasteiger partial charge in [0, 0.05) is 13.1 Å². The van der Waals surface area contributed by atoms with Gasteiger partial charge in [0.25, 0.3) is 0 Å². The number of nitrogens with zero attached hydrogens (tertiary/aromatic N) is 5. The molecule has 1 aromatic heterocycles. The van der Waals surface area contributed by atoms with Crippen LogP contribution in [0.4, 0.5) is 0 Å². The summed E-state index contributed by atoms with van der Waals surface area (Å²) in [5.41, 5.74) is -0.365. The summed E-state index contributed by atoms with van der Waals surface area (Å²) in [6, 6.07) is 2.41. The van der Waals surface area contributed by atoms with Gasteiger partial charge < -0.3 is 9.88 Å². The molecular formula is C13H22N6. The highest BCUT2D eigenvalue weighted by Crippen LogP contribution is 2.17. The molecule has 1 unspecified atom stereocenters. The predicted octanol–water partition coefficient (Wildman–Crippen LogP) is 0.766. The number of hydrogen-bond acceptors (Lipinski definition) is 5. The molecule has 0 fully saturated rings. The molecule has 0 aliphatic carbocycles. The average molecular weight is 262 g/mol. The number of aromatic nitrogens is 3. The summed E-state index contributed by atoms with van der Waals surface area (Å²) in [5, 5.41) is 20.5. The summed E-state index contributed by atoms with van der Waals surface area (Å²) >= 11 is 0. The molecule has 1 aliphatic rings. The highest BCUT2D eigenvalue weighted by atomic mass is 15.3. The zero-order valence-corrected chi connectivity index (χ0v) is 11.8. The Morgan fingerprint density at radius 3 is 3.05 bits per heavy atom. The van der Waals surface area contributed by atoms with Crippen molar-refractivity contribution in [1.82, 2.24) is 25.0 Å². The minimum absolute atomic E-state index is 0.365. The number of nitrogens with one attached hydrogen (secondary N) is 1. The van der Waals surface area contributed by atoms with E-state index in [4.69, 9.17) is 0 Å². The van der Waals surface area contributed by atoms with E-state index in [1.54, 1.807) is 6.33 Å². The van der Waals surface area contributed by atoms with Crippen molar-refractivity contribution in [1.29, 1.82) is 5.26 Å². The predicted molar refractivity (Wildman–Crippen MR) is 72.2 cm³/mol. The molecule has 0 spiro atoms. The second kappa shape index (κ2) is 6.13. The van der Waals surface area contributed by atoms with Crippen LogP contribution in [0.25, 0.3) is 0 Å². The van der Waals surface area contributed by atoms with Gasteiger partial charge in [-0.15, -0.1) is 10.2 Å². The maximum atomic E-state index is 9.27. The zero-order chi connectivity index (χ0) is 13.7. The van der Waals surface area contributed by atoms with Crippen LogP contribution in [0.2, 0.25) is 0 Å². The van der Waals surface area contributed by atoms with E-state index in [1.165, 1.54) is 0 Å². The molecule has 2 rings (SSSR count). The summed E-state index contributed by atoms with van der Waals surface area (Å²) in [7, 11) is 1.87. The van der Waals surface area contributed by atoms with E-state index in [2.05, 4.69) is 38.0 Å². The molecule has 2 heterocycles. The second-order valence-corrected chi connectivity index (χ2v) is 5.12. The Balaban J connectivity index is 1.80. The molecule has 6 heteroatoms. The van der Waals surface area contributed by atoms with Crippen LogP contribution in [0.15, 0.2) is 6.33 Å². The van der Waals surface area contributed by atoms with Crippen molar-refractivity contribution in [2.75, 3.05) is 20.1 Å². The van der Waals surface area contributed by atoms with Crippen LogP contribution in [-0.2, 0) is 13.1 Å². The fourth-order valence-corrected chi connectivity index (χ4v) is 2.58. The number of rotatable bonds is 6. The number of fused-ring (bicyclic) bond motifs is 1. The second-order valence-electron chi connectivity index (χ2n) is 5.12. The largest absolute Gasteiger partial charge is 0.315 e. The first-order valence-corrected chi connectivity index (χ1v) is 6.92. The summed E-state index contributed by atoms with van der Waals surface area (Å²) < 4.78 is 2.11. The van der Waals surface area contributed by atoms with Crippen molar-refractivity contribution in [3.05, 3.63) is 12.2 Å². The van der Waals surface area contributed by atoms with Crippen molar-refractivity contribution >= 4 is 0 Å². The van der Waals surface area contributed by atoms with Gasteiger partial charge >= 0.3 is 0 Å². The molecule has 1 aliphatic heterocycles. The molecule has 19 heavy (non-hydrogen) atoms. The Morgan fingerprint density at radius 1 is 1.53 bits per heavy atom. The standard InChI is InChI=1S/C13H22N6/c1-3-13(10-14,15-2)5-4-6-18-7-8-19-11-16-17-12(19)9-18/h11,15H,3-9H2,1-2H3. The first kappa shape index (κ1) is 14.0. The molecule has 0 saturated carbocycles. The monoisotopic (exact) mass is 262 g/mol. The molecule has 6 nitrogen and oxygen atoms in total. The topological polar surface area (TPSA) is 69.8 Å². The van der Waals surface area contributed by atoms with Crippen LogP contribution in [0, 0.1) is 11.3 Å². The molecule has 0 aromatic carbocycles. The number of hydrogen-bond donors (Lipinski definition) is 1. The van der Waals surface area contributed by atoms with Gasteiger partial charge in [-0.05, 0) is 32.9 Å². The van der Waals surface area contributed by atoms with E-state index in [9.17, 15) is 5.26 Å². The van der Waals surface area contributed by atoms with Crippen LogP contribution in [-0.4, -0.2) is 45.3 Å². The van der Waals surface area contributed by atoms with Gasteiger partial charge in [0.05, 0.1) is 12.6 Å². The van der Waals surface area contributed by atoms with Crippen molar-refractivity contribution < 1.29 is 0 Å². The van der Waals surface area contributed by atoms with Crippen molar-refractivity contribution in [2.45, 2.75) is 44.8 Å². The van der Waals surface area contributed by atoms with E-state index < -0.39 is 0 Å². The first-order valence-electron chi connectivity index (χ1n) is 6.92. The summed E-state index contributed by atoms with van der Waals surface area (Å²) in [6.45, 7) is 5.94. The molecule has 0 amide bonds. The zero-order valence-electron chi connectivity index (χ0n) is 11.8. The summed E-state index contributed by atoms with van der Waals surface area (Å²) in [6.07, 6.45) is 4.55. The van der Waals surface area contributed by atoms with Gasteiger partial charge in [-0.25, -0.2) is 0 Å². The average Bonchev–Trinajstić information content (AvgIpc) is 2.92.